The number of nitrogens with one attached hydrogen (secondary N) is 1. The molecule has 0 aromatic carbocycles. The number of carbonyl (C=O) groups is 1. The quantitative estimate of drug-likeness (QED) is 0.728. The van der Waals surface area contributed by atoms with Gasteiger partial charge in [0.25, 0.3) is 0 Å². The third-order valence-electron chi connectivity index (χ3n) is 4.10. The van der Waals surface area contributed by atoms with Gasteiger partial charge in [0.2, 0.25) is 5.91 Å². The first-order valence-electron chi connectivity index (χ1n) is 8.70. The lowest BCUT2D eigenvalue weighted by molar-refractivity contribution is -0.121. The Bertz CT molecular complexity index is 699. The molecule has 1 N–H and O–H groups in total. The van der Waals surface area contributed by atoms with Gasteiger partial charge >= 0.3 is 0 Å². The Balaban J connectivity index is 2.19. The lowest BCUT2D eigenvalue weighted by Gasteiger charge is -2.26. The number of pyridine rings is 1. The molecule has 25 heavy (non-hydrogen) atoms. The zero-order valence-corrected chi connectivity index (χ0v) is 16.4. The van der Waals surface area contributed by atoms with Gasteiger partial charge in [-0.15, -0.1) is 10.2 Å². The largest absolute Gasteiger partial charge is 0.350 e. The summed E-state index contributed by atoms with van der Waals surface area (Å²) < 4.78 is 2.08. The van der Waals surface area contributed by atoms with Crippen LogP contribution in [-0.2, 0) is 11.3 Å². The average molecular weight is 362 g/mol. The van der Waals surface area contributed by atoms with Gasteiger partial charge in [-0.25, -0.2) is 0 Å². The SMILES string of the molecule is CCCn1c(SC(C)C(=O)NC(C)(C)CC)nnc1-c1ccncc1. The molecule has 0 saturated heterocycles. The van der Waals surface area contributed by atoms with Gasteiger partial charge < -0.3 is 9.88 Å². The van der Waals surface area contributed by atoms with Crippen molar-refractivity contribution in [1.82, 2.24) is 25.1 Å². The molecule has 2 heterocycles. The summed E-state index contributed by atoms with van der Waals surface area (Å²) in [6, 6.07) is 3.84. The summed E-state index contributed by atoms with van der Waals surface area (Å²) >= 11 is 1.45. The molecule has 1 atom stereocenters. The number of hydrogen-bond acceptors (Lipinski definition) is 5. The van der Waals surface area contributed by atoms with Crippen LogP contribution in [0.5, 0.6) is 0 Å². The summed E-state index contributed by atoms with van der Waals surface area (Å²) in [7, 11) is 0. The second kappa shape index (κ2) is 8.47. The molecule has 0 spiro atoms. The molecule has 136 valence electrons. The third kappa shape index (κ3) is 5.04. The van der Waals surface area contributed by atoms with E-state index in [1.807, 2.05) is 32.9 Å². The van der Waals surface area contributed by atoms with Crippen LogP contribution in [0.25, 0.3) is 11.4 Å². The van der Waals surface area contributed by atoms with E-state index in [4.69, 9.17) is 0 Å². The molecule has 0 aliphatic heterocycles. The minimum Gasteiger partial charge on any atom is -0.350 e. The van der Waals surface area contributed by atoms with Crippen LogP contribution in [-0.4, -0.2) is 36.4 Å². The first-order chi connectivity index (χ1) is 11.9. The average Bonchev–Trinajstić information content (AvgIpc) is 2.98. The van der Waals surface area contributed by atoms with Crippen LogP contribution >= 0.6 is 11.8 Å². The second-order valence-corrected chi connectivity index (χ2v) is 7.99. The Morgan fingerprint density at radius 3 is 2.56 bits per heavy atom. The normalized spacial score (nSPS) is 12.8. The van der Waals surface area contributed by atoms with E-state index in [-0.39, 0.29) is 16.7 Å². The molecular weight excluding hydrogens is 334 g/mol. The molecule has 0 bridgehead atoms. The fraction of sp³-hybridized carbons (Fsp3) is 0.556. The molecule has 0 saturated carbocycles. The van der Waals surface area contributed by atoms with Crippen LogP contribution in [0.2, 0.25) is 0 Å². The third-order valence-corrected chi connectivity index (χ3v) is 5.18. The number of carbonyl (C=O) groups excluding carboxylic acids is 1. The van der Waals surface area contributed by atoms with Gasteiger partial charge in [-0.1, -0.05) is 25.6 Å². The second-order valence-electron chi connectivity index (χ2n) is 6.68. The van der Waals surface area contributed by atoms with Gasteiger partial charge in [-0.2, -0.15) is 0 Å². The summed E-state index contributed by atoms with van der Waals surface area (Å²) in [5, 5.41) is 12.3. The topological polar surface area (TPSA) is 72.7 Å². The number of thioether (sulfide) groups is 1. The van der Waals surface area contributed by atoms with E-state index >= 15 is 0 Å². The maximum Gasteiger partial charge on any atom is 0.233 e. The molecule has 7 heteroatoms. The fourth-order valence-corrected chi connectivity index (χ4v) is 3.13. The minimum atomic E-state index is -0.240. The molecule has 2 aromatic heterocycles. The van der Waals surface area contributed by atoms with Gasteiger partial charge in [0.15, 0.2) is 11.0 Å². The van der Waals surface area contributed by atoms with Gasteiger partial charge in [0.05, 0.1) is 5.25 Å². The van der Waals surface area contributed by atoms with E-state index in [0.29, 0.717) is 0 Å². The molecular formula is C18H27N5OS. The molecule has 0 aliphatic carbocycles. The lowest BCUT2D eigenvalue weighted by atomic mass is 10.0. The highest BCUT2D eigenvalue weighted by Crippen LogP contribution is 2.27. The van der Waals surface area contributed by atoms with Gasteiger partial charge in [-0.3, -0.25) is 9.78 Å². The Morgan fingerprint density at radius 2 is 1.96 bits per heavy atom. The summed E-state index contributed by atoms with van der Waals surface area (Å²) in [4.78, 5) is 16.5. The van der Waals surface area contributed by atoms with Crippen molar-refractivity contribution < 1.29 is 4.79 Å². The van der Waals surface area contributed by atoms with E-state index in [9.17, 15) is 4.79 Å². The Morgan fingerprint density at radius 1 is 1.28 bits per heavy atom. The zero-order chi connectivity index (χ0) is 18.4. The summed E-state index contributed by atoms with van der Waals surface area (Å²) in [6.07, 6.45) is 5.34. The number of amides is 1. The molecule has 0 fully saturated rings. The standard InChI is InChI=1S/C18H27N5OS/c1-6-12-23-15(14-8-10-19-11-9-14)21-22-17(23)25-13(3)16(24)20-18(4,5)7-2/h8-11,13H,6-7,12H2,1-5H3,(H,20,24). The highest BCUT2D eigenvalue weighted by molar-refractivity contribution is 8.00. The zero-order valence-electron chi connectivity index (χ0n) is 15.6. The van der Waals surface area contributed by atoms with E-state index in [1.54, 1.807) is 12.4 Å². The van der Waals surface area contributed by atoms with Crippen LogP contribution in [0.1, 0.15) is 47.5 Å². The highest BCUT2D eigenvalue weighted by Gasteiger charge is 2.24. The van der Waals surface area contributed by atoms with Gasteiger partial charge in [-0.05, 0) is 45.7 Å². The van der Waals surface area contributed by atoms with Crippen LogP contribution in [0.3, 0.4) is 0 Å². The molecule has 1 amide bonds. The first kappa shape index (κ1) is 19.4. The summed E-state index contributed by atoms with van der Waals surface area (Å²) in [6.45, 7) is 11.0. The van der Waals surface area contributed by atoms with Crippen molar-refractivity contribution in [1.29, 1.82) is 0 Å². The van der Waals surface area contributed by atoms with Crippen LogP contribution in [0, 0.1) is 0 Å². The monoisotopic (exact) mass is 361 g/mol. The van der Waals surface area contributed by atoms with Crippen molar-refractivity contribution in [2.75, 3.05) is 0 Å². The lowest BCUT2D eigenvalue weighted by Crippen LogP contribution is -2.46. The number of nitrogens with zero attached hydrogens (tertiary/aromatic N) is 4. The van der Waals surface area contributed by atoms with E-state index in [1.165, 1.54) is 11.8 Å². The molecule has 2 aromatic rings. The first-order valence-corrected chi connectivity index (χ1v) is 9.58. The predicted octanol–water partition coefficient (Wildman–Crippen LogP) is 3.54. The van der Waals surface area contributed by atoms with Crippen molar-refractivity contribution >= 4 is 17.7 Å². The minimum absolute atomic E-state index is 0.0216. The highest BCUT2D eigenvalue weighted by atomic mass is 32.2. The van der Waals surface area contributed by atoms with Crippen molar-refractivity contribution in [3.8, 4) is 11.4 Å². The Kier molecular flexibility index (Phi) is 6.58. The predicted molar refractivity (Wildman–Crippen MR) is 101 cm³/mol. The van der Waals surface area contributed by atoms with Crippen molar-refractivity contribution in [2.45, 2.75) is 70.0 Å². The van der Waals surface area contributed by atoms with Gasteiger partial charge in [0.1, 0.15) is 0 Å². The van der Waals surface area contributed by atoms with Crippen molar-refractivity contribution in [3.05, 3.63) is 24.5 Å². The van der Waals surface area contributed by atoms with E-state index in [0.717, 1.165) is 35.9 Å². The van der Waals surface area contributed by atoms with E-state index < -0.39 is 0 Å². The molecule has 2 rings (SSSR count). The number of rotatable bonds is 8. The Hall–Kier alpha value is -1.89. The molecule has 6 nitrogen and oxygen atoms in total. The summed E-state index contributed by atoms with van der Waals surface area (Å²) in [5.74, 6) is 0.835. The van der Waals surface area contributed by atoms with Crippen molar-refractivity contribution in [3.63, 3.8) is 0 Å². The van der Waals surface area contributed by atoms with Gasteiger partial charge in [0, 0.05) is 30.0 Å². The maximum atomic E-state index is 12.5. The summed E-state index contributed by atoms with van der Waals surface area (Å²) in [5.41, 5.74) is 0.776. The number of hydrogen-bond donors (Lipinski definition) is 1. The maximum absolute atomic E-state index is 12.5. The number of aromatic nitrogens is 4. The van der Waals surface area contributed by atoms with Crippen LogP contribution < -0.4 is 5.32 Å². The smallest absolute Gasteiger partial charge is 0.233 e. The molecule has 1 unspecified atom stereocenters. The fourth-order valence-electron chi connectivity index (χ4n) is 2.25. The Labute approximate surface area is 153 Å². The van der Waals surface area contributed by atoms with Crippen LogP contribution in [0.15, 0.2) is 29.7 Å². The molecule has 0 radical (unpaired) electrons. The molecule has 0 aliphatic rings. The van der Waals surface area contributed by atoms with E-state index in [2.05, 4.69) is 38.9 Å². The van der Waals surface area contributed by atoms with Crippen LogP contribution in [0.4, 0.5) is 0 Å². The van der Waals surface area contributed by atoms with Crippen molar-refractivity contribution in [2.24, 2.45) is 0 Å².